The second kappa shape index (κ2) is 10.3. The number of amides is 2. The molecule has 7 heteroatoms. The fourth-order valence-electron chi connectivity index (χ4n) is 4.64. The molecule has 3 N–H and O–H groups in total. The summed E-state index contributed by atoms with van der Waals surface area (Å²) >= 11 is 0. The second-order valence-electron chi connectivity index (χ2n) is 8.70. The summed E-state index contributed by atoms with van der Waals surface area (Å²) in [5.74, 6) is -0.707. The Labute approximate surface area is 205 Å². The van der Waals surface area contributed by atoms with E-state index >= 15 is 0 Å². The van der Waals surface area contributed by atoms with Crippen molar-refractivity contribution in [1.82, 2.24) is 15.2 Å². The highest BCUT2D eigenvalue weighted by atomic mass is 19.1. The lowest BCUT2D eigenvalue weighted by atomic mass is 9.94. The summed E-state index contributed by atoms with van der Waals surface area (Å²) in [7, 11) is 0. The van der Waals surface area contributed by atoms with Crippen molar-refractivity contribution in [3.05, 3.63) is 76.4 Å². The van der Waals surface area contributed by atoms with Crippen molar-refractivity contribution in [2.75, 3.05) is 31.5 Å². The number of hydrogen-bond donors (Lipinski definition) is 3. The van der Waals surface area contributed by atoms with E-state index < -0.39 is 0 Å². The molecule has 0 aliphatic carbocycles. The number of carbonyl (C=O) groups excluding carboxylic acids is 2. The highest BCUT2D eigenvalue weighted by Crippen LogP contribution is 2.40. The van der Waals surface area contributed by atoms with Gasteiger partial charge in [0.25, 0.3) is 11.8 Å². The number of rotatable bonds is 8. The molecule has 3 aromatic rings. The van der Waals surface area contributed by atoms with Crippen LogP contribution in [-0.2, 0) is 4.79 Å². The molecule has 0 fully saturated rings. The molecule has 0 atom stereocenters. The molecule has 0 saturated heterocycles. The van der Waals surface area contributed by atoms with Crippen LogP contribution in [-0.4, -0.2) is 47.9 Å². The predicted molar refractivity (Wildman–Crippen MR) is 139 cm³/mol. The van der Waals surface area contributed by atoms with Crippen molar-refractivity contribution in [1.29, 1.82) is 0 Å². The number of aryl methyl sites for hydroxylation is 1. The van der Waals surface area contributed by atoms with Gasteiger partial charge >= 0.3 is 0 Å². The van der Waals surface area contributed by atoms with Gasteiger partial charge in [0.1, 0.15) is 5.82 Å². The number of carbonyl (C=O) groups is 2. The van der Waals surface area contributed by atoms with Crippen molar-refractivity contribution in [3.8, 4) is 11.1 Å². The molecule has 1 aromatic heterocycles. The topological polar surface area (TPSA) is 77.2 Å². The number of aromatic amines is 1. The molecule has 0 radical (unpaired) electrons. The normalized spacial score (nSPS) is 13.9. The van der Waals surface area contributed by atoms with Gasteiger partial charge in [-0.3, -0.25) is 9.59 Å². The average Bonchev–Trinajstić information content (AvgIpc) is 3.31. The Bertz CT molecular complexity index is 1300. The number of nitrogens with one attached hydrogen (secondary N) is 3. The first-order chi connectivity index (χ1) is 16.8. The van der Waals surface area contributed by atoms with Crippen LogP contribution in [0, 0.1) is 19.7 Å². The van der Waals surface area contributed by atoms with Gasteiger partial charge in [-0.2, -0.15) is 0 Å². The molecule has 182 valence electrons. The Balaban J connectivity index is 1.67. The number of anilines is 1. The number of benzene rings is 2. The average molecular weight is 475 g/mol. The van der Waals surface area contributed by atoms with Gasteiger partial charge in [-0.25, -0.2) is 4.39 Å². The predicted octanol–water partition coefficient (Wildman–Crippen LogP) is 5.00. The number of nitrogens with zero attached hydrogens (tertiary/aromatic N) is 1. The number of likely N-dealkylation sites (N-methyl/N-ethyl adjacent to an activating group) is 1. The van der Waals surface area contributed by atoms with Crippen LogP contribution in [0.15, 0.2) is 42.5 Å². The maximum absolute atomic E-state index is 13.9. The lowest BCUT2D eigenvalue weighted by molar-refractivity contribution is -0.110. The van der Waals surface area contributed by atoms with Crippen LogP contribution in [0.2, 0.25) is 0 Å². The van der Waals surface area contributed by atoms with Gasteiger partial charge in [-0.05, 0) is 67.9 Å². The van der Waals surface area contributed by atoms with Crippen LogP contribution < -0.4 is 10.6 Å². The standard InChI is InChI=1S/C28H31FN4O2/c1-5-33(6-2)14-13-30-28(35)25-17(3)24(31-18(25)4)16-22-26-21(19-9-7-10-20(29)15-19)11-8-12-23(26)32-27(22)34/h7-12,15-16,31H,5-6,13-14H2,1-4H3,(H,30,35)(H,32,34)/b22-16-. The monoisotopic (exact) mass is 474 g/mol. The van der Waals surface area contributed by atoms with Crippen molar-refractivity contribution >= 4 is 29.2 Å². The zero-order valence-electron chi connectivity index (χ0n) is 20.6. The smallest absolute Gasteiger partial charge is 0.256 e. The Kier molecular flexibility index (Phi) is 7.17. The van der Waals surface area contributed by atoms with E-state index in [0.717, 1.165) is 42.0 Å². The number of halogens is 1. The Hall–Kier alpha value is -3.71. The van der Waals surface area contributed by atoms with Crippen LogP contribution in [0.1, 0.15) is 46.7 Å². The molecule has 35 heavy (non-hydrogen) atoms. The minimum absolute atomic E-state index is 0.134. The molecular weight excluding hydrogens is 443 g/mol. The number of H-pyrrole nitrogens is 1. The van der Waals surface area contributed by atoms with E-state index in [2.05, 4.69) is 34.4 Å². The first-order valence-corrected chi connectivity index (χ1v) is 12.0. The van der Waals surface area contributed by atoms with E-state index in [0.29, 0.717) is 34.6 Å². The lowest BCUT2D eigenvalue weighted by Gasteiger charge is -2.18. The quantitative estimate of drug-likeness (QED) is 0.402. The van der Waals surface area contributed by atoms with E-state index in [-0.39, 0.29) is 17.6 Å². The van der Waals surface area contributed by atoms with Crippen molar-refractivity contribution in [2.45, 2.75) is 27.7 Å². The third-order valence-corrected chi connectivity index (χ3v) is 6.56. The zero-order valence-corrected chi connectivity index (χ0v) is 20.6. The Morgan fingerprint density at radius 2 is 1.86 bits per heavy atom. The van der Waals surface area contributed by atoms with E-state index in [1.165, 1.54) is 12.1 Å². The lowest BCUT2D eigenvalue weighted by Crippen LogP contribution is -2.35. The Morgan fingerprint density at radius 1 is 1.11 bits per heavy atom. The summed E-state index contributed by atoms with van der Waals surface area (Å²) in [6.07, 6.45) is 1.78. The third kappa shape index (κ3) is 4.91. The third-order valence-electron chi connectivity index (χ3n) is 6.56. The van der Waals surface area contributed by atoms with Gasteiger partial charge in [-0.1, -0.05) is 38.1 Å². The summed E-state index contributed by atoms with van der Waals surface area (Å²) < 4.78 is 13.9. The summed E-state index contributed by atoms with van der Waals surface area (Å²) in [6.45, 7) is 11.2. The second-order valence-corrected chi connectivity index (χ2v) is 8.70. The van der Waals surface area contributed by atoms with E-state index in [4.69, 9.17) is 0 Å². The van der Waals surface area contributed by atoms with Gasteiger partial charge in [0, 0.05) is 35.7 Å². The maximum Gasteiger partial charge on any atom is 0.256 e. The summed E-state index contributed by atoms with van der Waals surface area (Å²) in [6, 6.07) is 11.9. The van der Waals surface area contributed by atoms with Crippen LogP contribution in [0.4, 0.5) is 10.1 Å². The highest BCUT2D eigenvalue weighted by molar-refractivity contribution is 6.36. The van der Waals surface area contributed by atoms with Crippen LogP contribution in [0.5, 0.6) is 0 Å². The van der Waals surface area contributed by atoms with Gasteiger partial charge in [-0.15, -0.1) is 0 Å². The first kappa shape index (κ1) is 24.4. The molecule has 0 spiro atoms. The van der Waals surface area contributed by atoms with Crippen molar-refractivity contribution in [3.63, 3.8) is 0 Å². The van der Waals surface area contributed by atoms with Crippen LogP contribution >= 0.6 is 0 Å². The van der Waals surface area contributed by atoms with Gasteiger partial charge < -0.3 is 20.5 Å². The fourth-order valence-corrected chi connectivity index (χ4v) is 4.64. The number of hydrogen-bond acceptors (Lipinski definition) is 3. The molecule has 0 saturated carbocycles. The molecular formula is C28H31FN4O2. The minimum Gasteiger partial charge on any atom is -0.358 e. The van der Waals surface area contributed by atoms with E-state index in [1.54, 1.807) is 12.1 Å². The molecule has 1 aliphatic heterocycles. The molecule has 2 amide bonds. The SMILES string of the molecule is CCN(CC)CCNC(=O)c1c(C)[nH]c(/C=C2\C(=O)Nc3cccc(-c4cccc(F)c4)c32)c1C. The maximum atomic E-state index is 13.9. The van der Waals surface area contributed by atoms with E-state index in [1.807, 2.05) is 38.1 Å². The Morgan fingerprint density at radius 3 is 2.57 bits per heavy atom. The van der Waals surface area contributed by atoms with Crippen LogP contribution in [0.25, 0.3) is 22.8 Å². The van der Waals surface area contributed by atoms with Crippen molar-refractivity contribution < 1.29 is 14.0 Å². The highest BCUT2D eigenvalue weighted by Gasteiger charge is 2.28. The molecule has 4 rings (SSSR count). The van der Waals surface area contributed by atoms with Crippen molar-refractivity contribution in [2.24, 2.45) is 0 Å². The summed E-state index contributed by atoms with van der Waals surface area (Å²) in [4.78, 5) is 31.4. The first-order valence-electron chi connectivity index (χ1n) is 12.0. The summed E-state index contributed by atoms with van der Waals surface area (Å²) in [5, 5.41) is 5.92. The molecule has 0 unspecified atom stereocenters. The molecule has 2 heterocycles. The van der Waals surface area contributed by atoms with Gasteiger partial charge in [0.2, 0.25) is 0 Å². The summed E-state index contributed by atoms with van der Waals surface area (Å²) in [5.41, 5.74) is 6.14. The van der Waals surface area contributed by atoms with Crippen LogP contribution in [0.3, 0.4) is 0 Å². The van der Waals surface area contributed by atoms with E-state index in [9.17, 15) is 14.0 Å². The van der Waals surface area contributed by atoms with Gasteiger partial charge in [0.05, 0.1) is 11.1 Å². The number of fused-ring (bicyclic) bond motifs is 1. The molecule has 2 aromatic carbocycles. The zero-order chi connectivity index (χ0) is 25.1. The largest absolute Gasteiger partial charge is 0.358 e. The fraction of sp³-hybridized carbons (Fsp3) is 0.286. The minimum atomic E-state index is -0.338. The molecule has 6 nitrogen and oxygen atoms in total. The van der Waals surface area contributed by atoms with Gasteiger partial charge in [0.15, 0.2) is 0 Å². The molecule has 0 bridgehead atoms. The number of aromatic nitrogens is 1. The molecule has 1 aliphatic rings.